The standard InChI is InChI=1S/C11H15N5/c1-12-11-15(2)13-14-16(11)9-8-10-6-4-3-5-7-10/h3-7H,8-9H2,1-2H3. The highest BCUT2D eigenvalue weighted by Crippen LogP contribution is 1.99. The van der Waals surface area contributed by atoms with Crippen LogP contribution in [0, 0.1) is 0 Å². The van der Waals surface area contributed by atoms with E-state index in [1.165, 1.54) is 5.56 Å². The van der Waals surface area contributed by atoms with E-state index in [-0.39, 0.29) is 0 Å². The number of aromatic nitrogens is 4. The molecule has 0 saturated carbocycles. The van der Waals surface area contributed by atoms with Crippen LogP contribution < -0.4 is 5.62 Å². The minimum absolute atomic E-state index is 0.788. The van der Waals surface area contributed by atoms with Crippen molar-refractivity contribution in [3.63, 3.8) is 0 Å². The quantitative estimate of drug-likeness (QED) is 0.746. The molecule has 1 aromatic carbocycles. The number of tetrazole rings is 1. The maximum Gasteiger partial charge on any atom is 0.240 e. The highest BCUT2D eigenvalue weighted by molar-refractivity contribution is 5.14. The van der Waals surface area contributed by atoms with E-state index in [1.807, 2.05) is 29.9 Å². The van der Waals surface area contributed by atoms with Gasteiger partial charge in [-0.25, -0.2) is 9.36 Å². The van der Waals surface area contributed by atoms with Gasteiger partial charge in [-0.2, -0.15) is 0 Å². The van der Waals surface area contributed by atoms with Crippen LogP contribution in [0.25, 0.3) is 0 Å². The molecule has 16 heavy (non-hydrogen) atoms. The average Bonchev–Trinajstić information content (AvgIpc) is 2.68. The third-order valence-corrected chi connectivity index (χ3v) is 2.46. The van der Waals surface area contributed by atoms with Gasteiger partial charge in [0.2, 0.25) is 5.62 Å². The summed E-state index contributed by atoms with van der Waals surface area (Å²) in [6.07, 6.45) is 0.937. The maximum atomic E-state index is 4.14. The Morgan fingerprint density at radius 1 is 1.19 bits per heavy atom. The molecule has 5 heteroatoms. The van der Waals surface area contributed by atoms with Gasteiger partial charge in [0, 0.05) is 14.1 Å². The molecule has 84 valence electrons. The molecule has 0 aliphatic rings. The van der Waals surface area contributed by atoms with E-state index in [0.29, 0.717) is 0 Å². The minimum atomic E-state index is 0.788. The van der Waals surface area contributed by atoms with Crippen molar-refractivity contribution >= 4 is 0 Å². The van der Waals surface area contributed by atoms with E-state index in [1.54, 1.807) is 11.7 Å². The summed E-state index contributed by atoms with van der Waals surface area (Å²) < 4.78 is 3.48. The van der Waals surface area contributed by atoms with Crippen LogP contribution >= 0.6 is 0 Å². The second-order valence-corrected chi connectivity index (χ2v) is 3.58. The van der Waals surface area contributed by atoms with Crippen molar-refractivity contribution in [1.29, 1.82) is 0 Å². The normalized spacial score (nSPS) is 12.0. The summed E-state index contributed by atoms with van der Waals surface area (Å²) in [5.74, 6) is 0. The summed E-state index contributed by atoms with van der Waals surface area (Å²) in [6, 6.07) is 10.3. The maximum absolute atomic E-state index is 4.14. The Morgan fingerprint density at radius 2 is 1.94 bits per heavy atom. The van der Waals surface area contributed by atoms with Crippen molar-refractivity contribution in [3.8, 4) is 0 Å². The molecule has 0 amide bonds. The fourth-order valence-electron chi connectivity index (χ4n) is 1.64. The predicted molar refractivity (Wildman–Crippen MR) is 60.6 cm³/mol. The van der Waals surface area contributed by atoms with Crippen molar-refractivity contribution < 1.29 is 0 Å². The van der Waals surface area contributed by atoms with Gasteiger partial charge in [0.25, 0.3) is 0 Å². The third kappa shape index (κ3) is 2.18. The van der Waals surface area contributed by atoms with Crippen LogP contribution in [0.2, 0.25) is 0 Å². The zero-order valence-electron chi connectivity index (χ0n) is 9.54. The number of rotatable bonds is 3. The first kappa shape index (κ1) is 10.6. The van der Waals surface area contributed by atoms with E-state index >= 15 is 0 Å². The van der Waals surface area contributed by atoms with E-state index < -0.39 is 0 Å². The van der Waals surface area contributed by atoms with Crippen molar-refractivity contribution in [2.24, 2.45) is 12.0 Å². The molecule has 0 radical (unpaired) electrons. The second kappa shape index (κ2) is 4.74. The van der Waals surface area contributed by atoms with Gasteiger partial charge in [0.1, 0.15) is 0 Å². The highest BCUT2D eigenvalue weighted by atomic mass is 15.6. The Hall–Kier alpha value is -1.91. The molecule has 0 unspecified atom stereocenters. The summed E-state index contributed by atoms with van der Waals surface area (Å²) in [5.41, 5.74) is 2.08. The van der Waals surface area contributed by atoms with Crippen LogP contribution in [0.1, 0.15) is 5.56 Å². The van der Waals surface area contributed by atoms with Crippen molar-refractivity contribution in [3.05, 3.63) is 41.5 Å². The Kier molecular flexibility index (Phi) is 3.14. The first-order valence-electron chi connectivity index (χ1n) is 5.25. The molecule has 2 rings (SSSR count). The molecule has 0 atom stereocenters. The van der Waals surface area contributed by atoms with Gasteiger partial charge in [-0.05, 0) is 22.4 Å². The van der Waals surface area contributed by atoms with Gasteiger partial charge in [0.15, 0.2) is 0 Å². The summed E-state index contributed by atoms with van der Waals surface area (Å²) in [6.45, 7) is 0.796. The lowest BCUT2D eigenvalue weighted by Crippen LogP contribution is -2.25. The third-order valence-electron chi connectivity index (χ3n) is 2.46. The Labute approximate surface area is 94.0 Å². The first-order chi connectivity index (χ1) is 7.81. The second-order valence-electron chi connectivity index (χ2n) is 3.58. The van der Waals surface area contributed by atoms with E-state index in [4.69, 9.17) is 0 Å². The zero-order valence-corrected chi connectivity index (χ0v) is 9.54. The van der Waals surface area contributed by atoms with E-state index in [0.717, 1.165) is 18.6 Å². The molecule has 0 bridgehead atoms. The summed E-state index contributed by atoms with van der Waals surface area (Å²) in [5, 5.41) is 7.97. The van der Waals surface area contributed by atoms with Crippen molar-refractivity contribution in [2.45, 2.75) is 13.0 Å². The Bertz CT molecular complexity index is 509. The summed E-state index contributed by atoms with van der Waals surface area (Å²) >= 11 is 0. The van der Waals surface area contributed by atoms with E-state index in [9.17, 15) is 0 Å². The monoisotopic (exact) mass is 217 g/mol. The van der Waals surface area contributed by atoms with Crippen LogP contribution in [0.3, 0.4) is 0 Å². The van der Waals surface area contributed by atoms with Crippen LogP contribution in [0.5, 0.6) is 0 Å². The minimum Gasteiger partial charge on any atom is -0.253 e. The molecule has 1 heterocycles. The molecule has 0 N–H and O–H groups in total. The molecular weight excluding hydrogens is 202 g/mol. The topological polar surface area (TPSA) is 48.0 Å². The molecule has 0 saturated heterocycles. The number of aryl methyl sites for hydroxylation is 3. The largest absolute Gasteiger partial charge is 0.253 e. The van der Waals surface area contributed by atoms with Crippen molar-refractivity contribution in [2.75, 3.05) is 7.05 Å². The van der Waals surface area contributed by atoms with Crippen LogP contribution in [-0.2, 0) is 20.0 Å². The van der Waals surface area contributed by atoms with Gasteiger partial charge in [-0.1, -0.05) is 30.3 Å². The number of benzene rings is 1. The molecule has 2 aromatic rings. The molecular formula is C11H15N5. The molecule has 1 aromatic heterocycles. The highest BCUT2D eigenvalue weighted by Gasteiger charge is 2.00. The van der Waals surface area contributed by atoms with Crippen molar-refractivity contribution in [1.82, 2.24) is 19.8 Å². The summed E-state index contributed by atoms with van der Waals surface area (Å²) in [4.78, 5) is 4.14. The fraction of sp³-hybridized carbons (Fsp3) is 0.364. The van der Waals surface area contributed by atoms with Crippen LogP contribution in [-0.4, -0.2) is 26.8 Å². The van der Waals surface area contributed by atoms with Gasteiger partial charge in [0.05, 0.1) is 6.54 Å². The zero-order chi connectivity index (χ0) is 11.4. The van der Waals surface area contributed by atoms with E-state index in [2.05, 4.69) is 27.6 Å². The number of nitrogens with zero attached hydrogens (tertiary/aromatic N) is 5. The fourth-order valence-corrected chi connectivity index (χ4v) is 1.64. The number of hydrogen-bond acceptors (Lipinski definition) is 3. The molecule has 0 spiro atoms. The lowest BCUT2D eigenvalue weighted by molar-refractivity contribution is 0.565. The SMILES string of the molecule is CN=c1n(C)nnn1CCc1ccccc1. The lowest BCUT2D eigenvalue weighted by Gasteiger charge is -2.00. The van der Waals surface area contributed by atoms with Crippen LogP contribution in [0.4, 0.5) is 0 Å². The number of hydrogen-bond donors (Lipinski definition) is 0. The van der Waals surface area contributed by atoms with Gasteiger partial charge < -0.3 is 0 Å². The smallest absolute Gasteiger partial charge is 0.240 e. The first-order valence-corrected chi connectivity index (χ1v) is 5.25. The average molecular weight is 217 g/mol. The van der Waals surface area contributed by atoms with Gasteiger partial charge in [-0.15, -0.1) is 0 Å². The summed E-state index contributed by atoms with van der Waals surface area (Å²) in [7, 11) is 3.59. The Morgan fingerprint density at radius 3 is 2.62 bits per heavy atom. The predicted octanol–water partition coefficient (Wildman–Crippen LogP) is 0.390. The van der Waals surface area contributed by atoms with Crippen LogP contribution in [0.15, 0.2) is 35.3 Å². The molecule has 0 fully saturated rings. The molecule has 0 aliphatic carbocycles. The molecule has 0 aliphatic heterocycles. The lowest BCUT2D eigenvalue weighted by atomic mass is 10.2. The van der Waals surface area contributed by atoms with Gasteiger partial charge >= 0.3 is 0 Å². The van der Waals surface area contributed by atoms with Gasteiger partial charge in [-0.3, -0.25) is 4.99 Å². The molecule has 5 nitrogen and oxygen atoms in total. The Balaban J connectivity index is 2.11.